The third-order valence-electron chi connectivity index (χ3n) is 2.81. The molecule has 0 aliphatic carbocycles. The topological polar surface area (TPSA) is 67.4 Å². The number of hydrogen-bond acceptors (Lipinski definition) is 3. The highest BCUT2D eigenvalue weighted by Crippen LogP contribution is 2.05. The third kappa shape index (κ3) is 7.77. The molecular weight excluding hydrogens is 268 g/mol. The highest BCUT2D eigenvalue weighted by molar-refractivity contribution is 5.76. The Kier molecular flexibility index (Phi) is 7.64. The Hall–Kier alpha value is -2.30. The number of alkyl carbamates (subject to hydrolysis) is 1. The molecule has 5 heteroatoms. The van der Waals surface area contributed by atoms with Gasteiger partial charge in [0.15, 0.2) is 0 Å². The number of nitrogens with one attached hydrogen (secondary N) is 2. The summed E-state index contributed by atoms with van der Waals surface area (Å²) in [5.74, 6) is -0.0307. The maximum absolute atomic E-state index is 11.6. The Balaban J connectivity index is 2.10. The van der Waals surface area contributed by atoms with E-state index in [2.05, 4.69) is 17.2 Å². The average Bonchev–Trinajstić information content (AvgIpc) is 2.49. The van der Waals surface area contributed by atoms with Crippen molar-refractivity contribution < 1.29 is 14.3 Å². The van der Waals surface area contributed by atoms with Crippen molar-refractivity contribution in [2.45, 2.75) is 19.8 Å². The van der Waals surface area contributed by atoms with Crippen LogP contribution in [-0.2, 0) is 16.0 Å². The molecule has 2 amide bonds. The molecule has 0 unspecified atom stereocenters. The van der Waals surface area contributed by atoms with E-state index in [1.165, 1.54) is 11.6 Å². The monoisotopic (exact) mass is 290 g/mol. The fraction of sp³-hybridized carbons (Fsp3) is 0.375. The third-order valence-corrected chi connectivity index (χ3v) is 2.81. The van der Waals surface area contributed by atoms with Gasteiger partial charge in [0.2, 0.25) is 5.91 Å². The molecule has 0 radical (unpaired) electrons. The normalized spacial score (nSPS) is 9.76. The summed E-state index contributed by atoms with van der Waals surface area (Å²) in [5, 5.41) is 5.28. The summed E-state index contributed by atoms with van der Waals surface area (Å²) >= 11 is 0. The van der Waals surface area contributed by atoms with Gasteiger partial charge in [-0.3, -0.25) is 4.79 Å². The summed E-state index contributed by atoms with van der Waals surface area (Å²) < 4.78 is 4.73. The summed E-state index contributed by atoms with van der Waals surface area (Å²) in [6.45, 7) is 6.37. The second-order valence-electron chi connectivity index (χ2n) is 4.65. The Morgan fingerprint density at radius 2 is 1.86 bits per heavy atom. The fourth-order valence-corrected chi connectivity index (χ4v) is 1.65. The summed E-state index contributed by atoms with van der Waals surface area (Å²) in [4.78, 5) is 22.7. The van der Waals surface area contributed by atoms with E-state index in [0.717, 1.165) is 5.56 Å². The molecule has 1 rings (SSSR count). The van der Waals surface area contributed by atoms with Crippen molar-refractivity contribution in [2.75, 3.05) is 19.7 Å². The maximum Gasteiger partial charge on any atom is 0.407 e. The molecule has 0 spiro atoms. The van der Waals surface area contributed by atoms with E-state index in [4.69, 9.17) is 4.74 Å². The van der Waals surface area contributed by atoms with Crippen LogP contribution in [0.1, 0.15) is 17.5 Å². The van der Waals surface area contributed by atoms with Gasteiger partial charge in [0, 0.05) is 19.5 Å². The number of aryl methyl sites for hydroxylation is 2. The van der Waals surface area contributed by atoms with Gasteiger partial charge in [0.1, 0.15) is 6.61 Å². The number of carbonyl (C=O) groups is 2. The molecule has 0 saturated carbocycles. The maximum atomic E-state index is 11.6. The van der Waals surface area contributed by atoms with Crippen molar-refractivity contribution in [3.8, 4) is 0 Å². The van der Waals surface area contributed by atoms with Crippen molar-refractivity contribution in [1.29, 1.82) is 0 Å². The highest BCUT2D eigenvalue weighted by Gasteiger charge is 2.03. The van der Waals surface area contributed by atoms with Crippen LogP contribution in [0.25, 0.3) is 0 Å². The second kappa shape index (κ2) is 9.58. The zero-order chi connectivity index (χ0) is 15.5. The van der Waals surface area contributed by atoms with Gasteiger partial charge in [-0.2, -0.15) is 0 Å². The molecule has 2 N–H and O–H groups in total. The summed E-state index contributed by atoms with van der Waals surface area (Å²) in [6.07, 6.45) is 2.13. The lowest BCUT2D eigenvalue weighted by molar-refractivity contribution is -0.121. The van der Waals surface area contributed by atoms with Gasteiger partial charge in [-0.1, -0.05) is 42.5 Å². The molecule has 5 nitrogen and oxygen atoms in total. The summed E-state index contributed by atoms with van der Waals surface area (Å²) in [5.41, 5.74) is 2.35. The van der Waals surface area contributed by atoms with Crippen molar-refractivity contribution in [3.63, 3.8) is 0 Å². The molecule has 1 aromatic carbocycles. The number of ether oxygens (including phenoxy) is 1. The lowest BCUT2D eigenvalue weighted by Gasteiger charge is -2.07. The van der Waals surface area contributed by atoms with Crippen LogP contribution >= 0.6 is 0 Å². The van der Waals surface area contributed by atoms with E-state index in [-0.39, 0.29) is 12.5 Å². The summed E-state index contributed by atoms with van der Waals surface area (Å²) in [7, 11) is 0. The largest absolute Gasteiger partial charge is 0.445 e. The van der Waals surface area contributed by atoms with Gasteiger partial charge < -0.3 is 15.4 Å². The van der Waals surface area contributed by atoms with E-state index >= 15 is 0 Å². The molecule has 0 heterocycles. The van der Waals surface area contributed by atoms with Crippen LogP contribution in [-0.4, -0.2) is 31.7 Å². The van der Waals surface area contributed by atoms with E-state index < -0.39 is 6.09 Å². The van der Waals surface area contributed by atoms with Crippen molar-refractivity contribution >= 4 is 12.0 Å². The SMILES string of the molecule is C=CCOC(=O)NCCNC(=O)CCc1ccc(C)cc1. The van der Waals surface area contributed by atoms with Gasteiger partial charge in [-0.15, -0.1) is 0 Å². The highest BCUT2D eigenvalue weighted by atomic mass is 16.5. The van der Waals surface area contributed by atoms with Crippen LogP contribution < -0.4 is 10.6 Å². The smallest absolute Gasteiger partial charge is 0.407 e. The first kappa shape index (κ1) is 16.8. The number of amides is 2. The molecule has 0 aliphatic rings. The van der Waals surface area contributed by atoms with Gasteiger partial charge >= 0.3 is 6.09 Å². The Labute approximate surface area is 125 Å². The van der Waals surface area contributed by atoms with E-state index in [1.807, 2.05) is 31.2 Å². The van der Waals surface area contributed by atoms with Crippen LogP contribution in [0.3, 0.4) is 0 Å². The van der Waals surface area contributed by atoms with Crippen LogP contribution in [0.4, 0.5) is 4.79 Å². The predicted octanol–water partition coefficient (Wildman–Crippen LogP) is 1.96. The Morgan fingerprint density at radius 3 is 2.52 bits per heavy atom. The predicted molar refractivity (Wildman–Crippen MR) is 82.1 cm³/mol. The van der Waals surface area contributed by atoms with Crippen molar-refractivity contribution in [3.05, 3.63) is 48.0 Å². The van der Waals surface area contributed by atoms with E-state index in [1.54, 1.807) is 0 Å². The number of rotatable bonds is 8. The second-order valence-corrected chi connectivity index (χ2v) is 4.65. The molecule has 0 saturated heterocycles. The van der Waals surface area contributed by atoms with Crippen molar-refractivity contribution in [1.82, 2.24) is 10.6 Å². The van der Waals surface area contributed by atoms with Gasteiger partial charge in [-0.25, -0.2) is 4.79 Å². The standard InChI is InChI=1S/C16H22N2O3/c1-3-12-21-16(20)18-11-10-17-15(19)9-8-14-6-4-13(2)5-7-14/h3-7H,1,8-12H2,2H3,(H,17,19)(H,18,20). The van der Waals surface area contributed by atoms with Crippen LogP contribution in [0, 0.1) is 6.92 Å². The number of hydrogen-bond donors (Lipinski definition) is 2. The number of carbonyl (C=O) groups excluding carboxylic acids is 2. The molecule has 0 aliphatic heterocycles. The lowest BCUT2D eigenvalue weighted by Crippen LogP contribution is -2.35. The molecule has 0 bridgehead atoms. The molecule has 0 atom stereocenters. The molecule has 1 aromatic rings. The van der Waals surface area contributed by atoms with E-state index in [9.17, 15) is 9.59 Å². The molecule has 0 aromatic heterocycles. The minimum absolute atomic E-state index is 0.0307. The Bertz CT molecular complexity index is 469. The lowest BCUT2D eigenvalue weighted by atomic mass is 10.1. The molecule has 21 heavy (non-hydrogen) atoms. The quantitative estimate of drug-likeness (QED) is 0.568. The first-order valence-electron chi connectivity index (χ1n) is 6.95. The molecule has 0 fully saturated rings. The summed E-state index contributed by atoms with van der Waals surface area (Å²) in [6, 6.07) is 8.12. The van der Waals surface area contributed by atoms with Crippen LogP contribution in [0.5, 0.6) is 0 Å². The minimum Gasteiger partial charge on any atom is -0.445 e. The van der Waals surface area contributed by atoms with E-state index in [0.29, 0.717) is 25.9 Å². The number of benzene rings is 1. The molecule has 114 valence electrons. The minimum atomic E-state index is -0.510. The zero-order valence-electron chi connectivity index (χ0n) is 12.4. The zero-order valence-corrected chi connectivity index (χ0v) is 12.4. The Morgan fingerprint density at radius 1 is 1.19 bits per heavy atom. The van der Waals surface area contributed by atoms with Crippen LogP contribution in [0.2, 0.25) is 0 Å². The van der Waals surface area contributed by atoms with Crippen LogP contribution in [0.15, 0.2) is 36.9 Å². The first-order valence-corrected chi connectivity index (χ1v) is 6.95. The molecular formula is C16H22N2O3. The van der Waals surface area contributed by atoms with Crippen molar-refractivity contribution in [2.24, 2.45) is 0 Å². The van der Waals surface area contributed by atoms with Gasteiger partial charge in [0.25, 0.3) is 0 Å². The van der Waals surface area contributed by atoms with Gasteiger partial charge in [-0.05, 0) is 18.9 Å². The first-order chi connectivity index (χ1) is 10.1. The van der Waals surface area contributed by atoms with Gasteiger partial charge in [0.05, 0.1) is 0 Å². The average molecular weight is 290 g/mol. The fourth-order valence-electron chi connectivity index (χ4n) is 1.65.